The third kappa shape index (κ3) is 4.03. The lowest BCUT2D eigenvalue weighted by Gasteiger charge is -2.05. The van der Waals surface area contributed by atoms with E-state index in [1.807, 2.05) is 0 Å². The lowest BCUT2D eigenvalue weighted by atomic mass is 10.3. The van der Waals surface area contributed by atoms with Gasteiger partial charge in [-0.3, -0.25) is 4.79 Å². The SMILES string of the molecule is O=C(O)Cc1csc(CCOc2ccccc2F)n1. The molecule has 0 saturated heterocycles. The molecule has 0 unspecified atom stereocenters. The molecule has 6 heteroatoms. The van der Waals surface area contributed by atoms with E-state index in [-0.39, 0.29) is 12.2 Å². The van der Waals surface area contributed by atoms with Gasteiger partial charge in [-0.25, -0.2) is 9.37 Å². The summed E-state index contributed by atoms with van der Waals surface area (Å²) in [5.41, 5.74) is 0.540. The van der Waals surface area contributed by atoms with Crippen molar-refractivity contribution >= 4 is 17.3 Å². The van der Waals surface area contributed by atoms with Crippen LogP contribution < -0.4 is 4.74 Å². The van der Waals surface area contributed by atoms with Crippen LogP contribution >= 0.6 is 11.3 Å². The quantitative estimate of drug-likeness (QED) is 0.884. The summed E-state index contributed by atoms with van der Waals surface area (Å²) >= 11 is 1.38. The van der Waals surface area contributed by atoms with Gasteiger partial charge in [0.1, 0.15) is 0 Å². The number of aromatic nitrogens is 1. The van der Waals surface area contributed by atoms with Crippen LogP contribution in [-0.4, -0.2) is 22.7 Å². The van der Waals surface area contributed by atoms with E-state index in [0.29, 0.717) is 18.7 Å². The molecule has 0 atom stereocenters. The number of hydrogen-bond acceptors (Lipinski definition) is 4. The van der Waals surface area contributed by atoms with E-state index in [1.54, 1.807) is 23.6 Å². The Kier molecular flexibility index (Phi) is 4.46. The summed E-state index contributed by atoms with van der Waals surface area (Å²) in [5.74, 6) is -1.09. The minimum Gasteiger partial charge on any atom is -0.490 e. The Hall–Kier alpha value is -1.95. The lowest BCUT2D eigenvalue weighted by Crippen LogP contribution is -2.03. The van der Waals surface area contributed by atoms with E-state index in [4.69, 9.17) is 9.84 Å². The summed E-state index contributed by atoms with van der Waals surface area (Å²) in [6.45, 7) is 0.307. The summed E-state index contributed by atoms with van der Waals surface area (Å²) in [6, 6.07) is 6.20. The monoisotopic (exact) mass is 281 g/mol. The maximum absolute atomic E-state index is 13.3. The standard InChI is InChI=1S/C13H12FNO3S/c14-10-3-1-2-4-11(10)18-6-5-12-15-9(8-19-12)7-13(16)17/h1-4,8H,5-7H2,(H,16,17). The van der Waals surface area contributed by atoms with Crippen LogP contribution in [0.15, 0.2) is 29.6 Å². The Balaban J connectivity index is 1.84. The first kappa shape index (κ1) is 13.5. The molecule has 0 bridgehead atoms. The van der Waals surface area contributed by atoms with Gasteiger partial charge in [-0.05, 0) is 12.1 Å². The summed E-state index contributed by atoms with van der Waals surface area (Å²) in [4.78, 5) is 14.7. The first-order valence-electron chi connectivity index (χ1n) is 5.67. The van der Waals surface area contributed by atoms with Gasteiger partial charge in [-0.1, -0.05) is 12.1 Å². The molecule has 0 saturated carbocycles. The second kappa shape index (κ2) is 6.29. The van der Waals surface area contributed by atoms with Crippen LogP contribution in [0.3, 0.4) is 0 Å². The molecule has 0 fully saturated rings. The summed E-state index contributed by atoms with van der Waals surface area (Å²) in [7, 11) is 0. The number of aliphatic carboxylic acids is 1. The maximum Gasteiger partial charge on any atom is 0.309 e. The number of halogens is 1. The minimum atomic E-state index is -0.903. The Morgan fingerprint density at radius 2 is 2.21 bits per heavy atom. The number of carboxylic acid groups (broad SMARTS) is 1. The highest BCUT2D eigenvalue weighted by atomic mass is 32.1. The average molecular weight is 281 g/mol. The second-order valence-electron chi connectivity index (χ2n) is 3.83. The van der Waals surface area contributed by atoms with Crippen LogP contribution in [-0.2, 0) is 17.6 Å². The fourth-order valence-electron chi connectivity index (χ4n) is 1.51. The number of benzene rings is 1. The van der Waals surface area contributed by atoms with Crippen molar-refractivity contribution in [2.45, 2.75) is 12.8 Å². The Labute approximate surface area is 113 Å². The van der Waals surface area contributed by atoms with Gasteiger partial charge < -0.3 is 9.84 Å². The fourth-order valence-corrected chi connectivity index (χ4v) is 2.29. The van der Waals surface area contributed by atoms with Crippen molar-refractivity contribution in [1.82, 2.24) is 4.98 Å². The molecule has 1 aromatic heterocycles. The molecule has 0 aliphatic rings. The highest BCUT2D eigenvalue weighted by Gasteiger charge is 2.07. The van der Waals surface area contributed by atoms with Gasteiger partial charge in [0, 0.05) is 11.8 Å². The normalized spacial score (nSPS) is 10.4. The molecule has 1 N–H and O–H groups in total. The van der Waals surface area contributed by atoms with Gasteiger partial charge in [-0.2, -0.15) is 0 Å². The van der Waals surface area contributed by atoms with E-state index in [1.165, 1.54) is 17.4 Å². The summed E-state index contributed by atoms with van der Waals surface area (Å²) < 4.78 is 18.6. The van der Waals surface area contributed by atoms with E-state index in [0.717, 1.165) is 5.01 Å². The molecule has 2 rings (SSSR count). The molecule has 0 amide bonds. The van der Waals surface area contributed by atoms with Crippen molar-refractivity contribution in [1.29, 1.82) is 0 Å². The lowest BCUT2D eigenvalue weighted by molar-refractivity contribution is -0.136. The molecule has 0 aliphatic carbocycles. The Morgan fingerprint density at radius 1 is 1.42 bits per heavy atom. The third-order valence-electron chi connectivity index (χ3n) is 2.34. The van der Waals surface area contributed by atoms with E-state index >= 15 is 0 Å². The number of carbonyl (C=O) groups is 1. The zero-order valence-electron chi connectivity index (χ0n) is 10.0. The number of thiazole rings is 1. The first-order valence-corrected chi connectivity index (χ1v) is 6.55. The van der Waals surface area contributed by atoms with Crippen LogP contribution in [0.2, 0.25) is 0 Å². The molecule has 19 heavy (non-hydrogen) atoms. The van der Waals surface area contributed by atoms with Gasteiger partial charge in [-0.15, -0.1) is 11.3 Å². The maximum atomic E-state index is 13.3. The molecule has 0 spiro atoms. The van der Waals surface area contributed by atoms with Crippen LogP contribution in [0.25, 0.3) is 0 Å². The van der Waals surface area contributed by atoms with Gasteiger partial charge in [0.25, 0.3) is 0 Å². The number of ether oxygens (including phenoxy) is 1. The minimum absolute atomic E-state index is 0.0787. The number of para-hydroxylation sites is 1. The molecular weight excluding hydrogens is 269 g/mol. The van der Waals surface area contributed by atoms with Gasteiger partial charge >= 0.3 is 5.97 Å². The largest absolute Gasteiger partial charge is 0.490 e. The second-order valence-corrected chi connectivity index (χ2v) is 4.77. The molecule has 2 aromatic rings. The van der Waals surface area contributed by atoms with Crippen molar-refractivity contribution < 1.29 is 19.0 Å². The zero-order valence-corrected chi connectivity index (χ0v) is 10.8. The predicted octanol–water partition coefficient (Wildman–Crippen LogP) is 2.53. The van der Waals surface area contributed by atoms with E-state index in [2.05, 4.69) is 4.98 Å². The van der Waals surface area contributed by atoms with E-state index < -0.39 is 11.8 Å². The zero-order chi connectivity index (χ0) is 13.7. The molecule has 1 heterocycles. The highest BCUT2D eigenvalue weighted by Crippen LogP contribution is 2.16. The first-order chi connectivity index (χ1) is 9.15. The van der Waals surface area contributed by atoms with Crippen LogP contribution in [0.5, 0.6) is 5.75 Å². The molecule has 0 aliphatic heterocycles. The summed E-state index contributed by atoms with van der Waals surface area (Å²) in [5, 5.41) is 11.1. The number of rotatable bonds is 6. The van der Waals surface area contributed by atoms with Gasteiger partial charge in [0.15, 0.2) is 11.6 Å². The smallest absolute Gasteiger partial charge is 0.309 e. The topological polar surface area (TPSA) is 59.4 Å². The van der Waals surface area contributed by atoms with E-state index in [9.17, 15) is 9.18 Å². The molecule has 4 nitrogen and oxygen atoms in total. The highest BCUT2D eigenvalue weighted by molar-refractivity contribution is 7.09. The van der Waals surface area contributed by atoms with Crippen molar-refractivity contribution in [3.8, 4) is 5.75 Å². The van der Waals surface area contributed by atoms with Crippen molar-refractivity contribution in [2.24, 2.45) is 0 Å². The third-order valence-corrected chi connectivity index (χ3v) is 3.30. The predicted molar refractivity (Wildman–Crippen MR) is 69.1 cm³/mol. The van der Waals surface area contributed by atoms with Crippen LogP contribution in [0.4, 0.5) is 4.39 Å². The molecule has 0 radical (unpaired) electrons. The molecule has 100 valence electrons. The van der Waals surface area contributed by atoms with Gasteiger partial charge in [0.05, 0.1) is 23.7 Å². The summed E-state index contributed by atoms with van der Waals surface area (Å²) in [6.07, 6.45) is 0.448. The fraction of sp³-hybridized carbons (Fsp3) is 0.231. The van der Waals surface area contributed by atoms with Crippen LogP contribution in [0.1, 0.15) is 10.7 Å². The van der Waals surface area contributed by atoms with Crippen molar-refractivity contribution in [3.05, 3.63) is 46.2 Å². The number of nitrogens with zero attached hydrogens (tertiary/aromatic N) is 1. The molecule has 1 aromatic carbocycles. The number of carboxylic acids is 1. The Morgan fingerprint density at radius 3 is 2.95 bits per heavy atom. The molecular formula is C13H12FNO3S. The average Bonchev–Trinajstić information content (AvgIpc) is 2.78. The van der Waals surface area contributed by atoms with Crippen molar-refractivity contribution in [3.63, 3.8) is 0 Å². The van der Waals surface area contributed by atoms with Crippen LogP contribution in [0, 0.1) is 5.82 Å². The van der Waals surface area contributed by atoms with Crippen molar-refractivity contribution in [2.75, 3.05) is 6.61 Å². The Bertz CT molecular complexity index is 571. The van der Waals surface area contributed by atoms with Gasteiger partial charge in [0.2, 0.25) is 0 Å². The number of hydrogen-bond donors (Lipinski definition) is 1.